The second kappa shape index (κ2) is 12.2. The van der Waals surface area contributed by atoms with E-state index in [1.54, 1.807) is 6.92 Å². The van der Waals surface area contributed by atoms with Gasteiger partial charge in [-0.15, -0.1) is 11.8 Å². The van der Waals surface area contributed by atoms with Gasteiger partial charge in [0.1, 0.15) is 18.7 Å². The molecule has 9 heteroatoms. The normalized spacial score (nSPS) is 20.8. The number of hydrogen-bond acceptors (Lipinski definition) is 6. The first kappa shape index (κ1) is 28.3. The van der Waals surface area contributed by atoms with Gasteiger partial charge < -0.3 is 24.8 Å². The summed E-state index contributed by atoms with van der Waals surface area (Å²) in [7, 11) is 0. The molecule has 42 heavy (non-hydrogen) atoms. The predicted molar refractivity (Wildman–Crippen MR) is 160 cm³/mol. The van der Waals surface area contributed by atoms with Gasteiger partial charge in [-0.2, -0.15) is 0 Å². The Morgan fingerprint density at radius 2 is 1.57 bits per heavy atom. The van der Waals surface area contributed by atoms with Gasteiger partial charge in [-0.25, -0.2) is 9.59 Å². The van der Waals surface area contributed by atoms with Crippen LogP contribution < -0.4 is 5.32 Å². The van der Waals surface area contributed by atoms with E-state index in [4.69, 9.17) is 9.47 Å². The van der Waals surface area contributed by atoms with Crippen LogP contribution in [0.1, 0.15) is 42.4 Å². The maximum atomic E-state index is 14.1. The van der Waals surface area contributed by atoms with Gasteiger partial charge in [0, 0.05) is 11.7 Å². The molecule has 2 unspecified atom stereocenters. The van der Waals surface area contributed by atoms with Crippen molar-refractivity contribution < 1.29 is 29.0 Å². The third-order valence-electron chi connectivity index (χ3n) is 8.31. The molecule has 218 valence electrons. The zero-order chi connectivity index (χ0) is 29.2. The van der Waals surface area contributed by atoms with Crippen molar-refractivity contribution in [3.8, 4) is 11.1 Å². The van der Waals surface area contributed by atoms with Gasteiger partial charge >= 0.3 is 12.1 Å². The Morgan fingerprint density at radius 3 is 2.19 bits per heavy atom. The summed E-state index contributed by atoms with van der Waals surface area (Å²) >= 11 is 1.50. The maximum absolute atomic E-state index is 14.1. The van der Waals surface area contributed by atoms with Gasteiger partial charge in [0.15, 0.2) is 0 Å². The Hall–Kier alpha value is -3.82. The van der Waals surface area contributed by atoms with Crippen molar-refractivity contribution in [2.45, 2.75) is 55.9 Å². The number of benzene rings is 3. The van der Waals surface area contributed by atoms with Gasteiger partial charge in [-0.3, -0.25) is 4.79 Å². The largest absolute Gasteiger partial charge is 0.480 e. The van der Waals surface area contributed by atoms with Crippen LogP contribution in [0.3, 0.4) is 0 Å². The number of aliphatic carboxylic acids is 1. The maximum Gasteiger partial charge on any atom is 0.407 e. The number of thioether (sulfide) groups is 1. The number of carboxylic acids is 1. The third-order valence-corrected chi connectivity index (χ3v) is 9.77. The van der Waals surface area contributed by atoms with E-state index in [1.807, 2.05) is 66.7 Å². The van der Waals surface area contributed by atoms with Gasteiger partial charge in [-0.05, 0) is 53.5 Å². The number of rotatable bonds is 10. The Kier molecular flexibility index (Phi) is 8.22. The molecule has 0 bridgehead atoms. The molecule has 6 rings (SSSR count). The predicted octanol–water partition coefficient (Wildman–Crippen LogP) is 5.26. The van der Waals surface area contributed by atoms with Crippen molar-refractivity contribution in [2.24, 2.45) is 5.92 Å². The van der Waals surface area contributed by atoms with Crippen molar-refractivity contribution in [3.05, 3.63) is 95.6 Å². The molecule has 4 atom stereocenters. The van der Waals surface area contributed by atoms with Crippen molar-refractivity contribution >= 4 is 29.7 Å². The smallest absolute Gasteiger partial charge is 0.407 e. The fourth-order valence-electron chi connectivity index (χ4n) is 5.95. The fraction of sp³-hybridized carbons (Fsp3) is 0.364. The van der Waals surface area contributed by atoms with Crippen LogP contribution >= 0.6 is 11.8 Å². The lowest BCUT2D eigenvalue weighted by Crippen LogP contribution is -2.58. The number of nitrogens with zero attached hydrogens (tertiary/aromatic N) is 1. The SMILES string of the molecule is C[C@H](OCc1ccccc1)[C@@H](NC(=O)OCC1c2ccccc2-c2ccccc21)C(=O)N1C(C(=O)O)CSC1C1CC1. The van der Waals surface area contributed by atoms with E-state index in [1.165, 1.54) is 16.7 Å². The van der Waals surface area contributed by atoms with Crippen molar-refractivity contribution in [2.75, 3.05) is 12.4 Å². The quantitative estimate of drug-likeness (QED) is 0.334. The number of ether oxygens (including phenoxy) is 2. The highest BCUT2D eigenvalue weighted by atomic mass is 32.2. The average molecular weight is 587 g/mol. The third kappa shape index (κ3) is 5.76. The van der Waals surface area contributed by atoms with Crippen LogP contribution in [0, 0.1) is 5.92 Å². The summed E-state index contributed by atoms with van der Waals surface area (Å²) in [5.41, 5.74) is 5.34. The standard InChI is InChI=1S/C33H34N2O6S/c1-20(40-17-21-9-3-2-4-10-21)29(30(36)35-28(32(37)38)19-42-31(35)22-15-16-22)34-33(39)41-18-27-25-13-7-5-11-23(25)24-12-6-8-14-26(24)27/h2-14,20,22,27-29,31H,15-19H2,1H3,(H,34,39)(H,37,38)/t20-,28?,29+,31?/m0/s1. The summed E-state index contributed by atoms with van der Waals surface area (Å²) in [6, 6.07) is 23.6. The van der Waals surface area contributed by atoms with Gasteiger partial charge in [-0.1, -0.05) is 78.9 Å². The van der Waals surface area contributed by atoms with Crippen LogP contribution in [-0.4, -0.2) is 63.9 Å². The van der Waals surface area contributed by atoms with E-state index in [0.717, 1.165) is 40.7 Å². The van der Waals surface area contributed by atoms with Crippen LogP contribution in [0.2, 0.25) is 0 Å². The first-order valence-corrected chi connectivity index (χ1v) is 15.4. The zero-order valence-corrected chi connectivity index (χ0v) is 24.2. The lowest BCUT2D eigenvalue weighted by atomic mass is 9.98. The number of hydrogen-bond donors (Lipinski definition) is 2. The molecule has 3 aromatic rings. The van der Waals surface area contributed by atoms with Crippen LogP contribution in [0.5, 0.6) is 0 Å². The monoisotopic (exact) mass is 586 g/mol. The van der Waals surface area contributed by atoms with Crippen LogP contribution in [0.4, 0.5) is 4.79 Å². The number of nitrogens with one attached hydrogen (secondary N) is 1. The highest BCUT2D eigenvalue weighted by Gasteiger charge is 2.50. The zero-order valence-electron chi connectivity index (χ0n) is 23.3. The molecule has 8 nitrogen and oxygen atoms in total. The highest BCUT2D eigenvalue weighted by Crippen LogP contribution is 2.46. The van der Waals surface area contributed by atoms with Crippen molar-refractivity contribution in [3.63, 3.8) is 0 Å². The molecule has 3 aromatic carbocycles. The average Bonchev–Trinajstić information content (AvgIpc) is 3.67. The molecule has 1 heterocycles. The summed E-state index contributed by atoms with van der Waals surface area (Å²) in [5.74, 6) is -1.05. The molecule has 1 saturated heterocycles. The minimum atomic E-state index is -1.12. The Balaban J connectivity index is 1.20. The number of amides is 2. The number of fused-ring (bicyclic) bond motifs is 3. The van der Waals surface area contributed by atoms with Gasteiger partial charge in [0.2, 0.25) is 5.91 Å². The number of carbonyl (C=O) groups excluding carboxylic acids is 2. The van der Waals surface area contributed by atoms with Crippen LogP contribution in [0.15, 0.2) is 78.9 Å². The first-order chi connectivity index (χ1) is 20.4. The Morgan fingerprint density at radius 1 is 0.952 bits per heavy atom. The molecular weight excluding hydrogens is 552 g/mol. The lowest BCUT2D eigenvalue weighted by Gasteiger charge is -2.33. The topological polar surface area (TPSA) is 105 Å². The molecular formula is C33H34N2O6S. The number of carbonyl (C=O) groups is 3. The molecule has 2 amide bonds. The number of carboxylic acid groups (broad SMARTS) is 1. The Bertz CT molecular complexity index is 1420. The van der Waals surface area contributed by atoms with Crippen LogP contribution in [0.25, 0.3) is 11.1 Å². The van der Waals surface area contributed by atoms with Crippen LogP contribution in [-0.2, 0) is 25.7 Å². The number of alkyl carbamates (subject to hydrolysis) is 1. The summed E-state index contributed by atoms with van der Waals surface area (Å²) in [4.78, 5) is 41.0. The molecule has 3 aliphatic rings. The minimum absolute atomic E-state index is 0.0992. The lowest BCUT2D eigenvalue weighted by molar-refractivity contribution is -0.152. The molecule has 0 spiro atoms. The molecule has 1 aliphatic heterocycles. The summed E-state index contributed by atoms with van der Waals surface area (Å²) in [6.45, 7) is 2.06. The first-order valence-electron chi connectivity index (χ1n) is 14.4. The van der Waals surface area contributed by atoms with Gasteiger partial charge in [0.25, 0.3) is 0 Å². The summed E-state index contributed by atoms with van der Waals surface area (Å²) < 4.78 is 11.8. The molecule has 2 fully saturated rings. The van der Waals surface area contributed by atoms with E-state index in [0.29, 0.717) is 5.75 Å². The van der Waals surface area contributed by atoms with Gasteiger partial charge in [0.05, 0.1) is 18.1 Å². The molecule has 1 saturated carbocycles. The molecule has 2 aliphatic carbocycles. The molecule has 0 aromatic heterocycles. The second-order valence-electron chi connectivity index (χ2n) is 11.1. The van der Waals surface area contributed by atoms with E-state index in [2.05, 4.69) is 17.4 Å². The summed E-state index contributed by atoms with van der Waals surface area (Å²) in [6.07, 6.45) is 0.432. The van der Waals surface area contributed by atoms with Crippen molar-refractivity contribution in [1.29, 1.82) is 0 Å². The van der Waals surface area contributed by atoms with Crippen molar-refractivity contribution in [1.82, 2.24) is 10.2 Å². The molecule has 0 radical (unpaired) electrons. The minimum Gasteiger partial charge on any atom is -0.480 e. The Labute approximate surface area is 249 Å². The highest BCUT2D eigenvalue weighted by molar-refractivity contribution is 8.00. The van der Waals surface area contributed by atoms with E-state index in [9.17, 15) is 19.5 Å². The van der Waals surface area contributed by atoms with E-state index < -0.39 is 36.2 Å². The second-order valence-corrected chi connectivity index (χ2v) is 12.3. The fourth-order valence-corrected chi connectivity index (χ4v) is 7.59. The van der Waals surface area contributed by atoms with E-state index >= 15 is 0 Å². The molecule has 2 N–H and O–H groups in total. The van der Waals surface area contributed by atoms with E-state index in [-0.39, 0.29) is 30.4 Å². The summed E-state index contributed by atoms with van der Waals surface area (Å²) in [5, 5.41) is 12.5.